The molecule has 0 heterocycles. The molecule has 1 aliphatic carbocycles. The fraction of sp³-hybridized carbons (Fsp3) is 0.562. The fourth-order valence-corrected chi connectivity index (χ4v) is 4.42. The molecule has 1 aliphatic rings. The summed E-state index contributed by atoms with van der Waals surface area (Å²) in [5, 5.41) is 8.99. The molecule has 3 nitrogen and oxygen atoms in total. The maximum absolute atomic E-state index is 12.6. The van der Waals surface area contributed by atoms with Crippen molar-refractivity contribution in [2.24, 2.45) is 11.8 Å². The first-order chi connectivity index (χ1) is 9.47. The summed E-state index contributed by atoms with van der Waals surface area (Å²) in [5.41, 5.74) is 0.754. The van der Waals surface area contributed by atoms with E-state index in [-0.39, 0.29) is 11.7 Å². The maximum Gasteiger partial charge on any atom is 0.307 e. The van der Waals surface area contributed by atoms with Crippen LogP contribution in [0.15, 0.2) is 29.2 Å². The topological polar surface area (TPSA) is 54.4 Å². The summed E-state index contributed by atoms with van der Waals surface area (Å²) in [5.74, 6) is 0.513. The summed E-state index contributed by atoms with van der Waals surface area (Å²) < 4.78 is 12.6. The highest BCUT2D eigenvalue weighted by molar-refractivity contribution is 7.85. The highest BCUT2D eigenvalue weighted by Gasteiger charge is 2.28. The van der Waals surface area contributed by atoms with Gasteiger partial charge in [-0.3, -0.25) is 9.00 Å². The molecule has 110 valence electrons. The average molecular weight is 294 g/mol. The van der Waals surface area contributed by atoms with Gasteiger partial charge in [0.15, 0.2) is 0 Å². The first-order valence-electron chi connectivity index (χ1n) is 7.18. The van der Waals surface area contributed by atoms with E-state index in [4.69, 9.17) is 5.11 Å². The van der Waals surface area contributed by atoms with Gasteiger partial charge in [0.25, 0.3) is 0 Å². The minimum absolute atomic E-state index is 0.0187. The van der Waals surface area contributed by atoms with Gasteiger partial charge in [0.1, 0.15) is 0 Å². The van der Waals surface area contributed by atoms with Gasteiger partial charge in [-0.1, -0.05) is 26.0 Å². The first kappa shape index (κ1) is 15.2. The van der Waals surface area contributed by atoms with Gasteiger partial charge in [-0.2, -0.15) is 0 Å². The van der Waals surface area contributed by atoms with Crippen LogP contribution in [0.1, 0.15) is 38.7 Å². The first-order valence-corrected chi connectivity index (χ1v) is 8.40. The molecule has 0 bridgehead atoms. The summed E-state index contributed by atoms with van der Waals surface area (Å²) in [6, 6.07) is 7.18. The van der Waals surface area contributed by atoms with Crippen LogP contribution in [0.2, 0.25) is 0 Å². The predicted molar refractivity (Wildman–Crippen MR) is 80.2 cm³/mol. The Labute approximate surface area is 122 Å². The summed E-state index contributed by atoms with van der Waals surface area (Å²) in [7, 11) is -0.974. The maximum atomic E-state index is 12.6. The molecule has 2 rings (SSSR count). The van der Waals surface area contributed by atoms with E-state index in [2.05, 4.69) is 13.8 Å². The number of aliphatic carboxylic acids is 1. The van der Waals surface area contributed by atoms with Crippen LogP contribution in [0.5, 0.6) is 0 Å². The third kappa shape index (κ3) is 3.69. The van der Waals surface area contributed by atoms with Crippen LogP contribution in [0.3, 0.4) is 0 Å². The Hall–Kier alpha value is -1.16. The molecule has 0 aromatic heterocycles. The molecule has 1 N–H and O–H groups in total. The van der Waals surface area contributed by atoms with Gasteiger partial charge in [-0.05, 0) is 48.8 Å². The van der Waals surface area contributed by atoms with Crippen molar-refractivity contribution in [2.75, 3.05) is 0 Å². The highest BCUT2D eigenvalue weighted by Crippen LogP contribution is 2.33. The van der Waals surface area contributed by atoms with Gasteiger partial charge < -0.3 is 5.11 Å². The zero-order valence-corrected chi connectivity index (χ0v) is 12.9. The minimum atomic E-state index is -0.974. The van der Waals surface area contributed by atoms with Gasteiger partial charge in [0.2, 0.25) is 0 Å². The van der Waals surface area contributed by atoms with Crippen molar-refractivity contribution < 1.29 is 14.1 Å². The molecular weight excluding hydrogens is 272 g/mol. The molecule has 1 saturated carbocycles. The summed E-state index contributed by atoms with van der Waals surface area (Å²) >= 11 is 0. The molecule has 20 heavy (non-hydrogen) atoms. The molecule has 4 unspecified atom stereocenters. The summed E-state index contributed by atoms with van der Waals surface area (Å²) in [6.07, 6.45) is 3.21. The molecule has 4 atom stereocenters. The molecule has 1 aromatic carbocycles. The third-order valence-electron chi connectivity index (χ3n) is 4.36. The number of carboxylic acid groups (broad SMARTS) is 1. The Balaban J connectivity index is 2.04. The second kappa shape index (κ2) is 6.53. The van der Waals surface area contributed by atoms with Gasteiger partial charge in [0, 0.05) is 10.1 Å². The van der Waals surface area contributed by atoms with E-state index in [1.165, 1.54) is 0 Å². The normalized spacial score (nSPS) is 28.0. The molecule has 0 aliphatic heterocycles. The number of benzene rings is 1. The van der Waals surface area contributed by atoms with E-state index in [0.717, 1.165) is 35.6 Å². The standard InChI is InChI=1S/C16H22O3S/c1-11-3-6-15(9-12(11)2)20(19)14-7-4-13(5-8-14)10-16(17)18/h4-5,7-8,11-12,15H,3,6,9-10H2,1-2H3,(H,17,18). The third-order valence-corrected chi connectivity index (χ3v) is 6.13. The lowest BCUT2D eigenvalue weighted by atomic mass is 9.81. The van der Waals surface area contributed by atoms with Crippen molar-refractivity contribution in [1.82, 2.24) is 0 Å². The summed E-state index contributed by atoms with van der Waals surface area (Å²) in [4.78, 5) is 11.5. The lowest BCUT2D eigenvalue weighted by Gasteiger charge is -2.31. The largest absolute Gasteiger partial charge is 0.481 e. The number of carboxylic acids is 1. The van der Waals surface area contributed by atoms with Crippen molar-refractivity contribution in [3.63, 3.8) is 0 Å². The lowest BCUT2D eigenvalue weighted by molar-refractivity contribution is -0.136. The van der Waals surface area contributed by atoms with E-state index in [9.17, 15) is 9.00 Å². The van der Waals surface area contributed by atoms with Gasteiger partial charge in [-0.25, -0.2) is 0 Å². The Morgan fingerprint density at radius 1 is 1.20 bits per heavy atom. The molecule has 0 spiro atoms. The van der Waals surface area contributed by atoms with Crippen LogP contribution in [-0.4, -0.2) is 20.5 Å². The number of carbonyl (C=O) groups is 1. The monoisotopic (exact) mass is 294 g/mol. The van der Waals surface area contributed by atoms with Crippen LogP contribution in [0.4, 0.5) is 0 Å². The second-order valence-corrected chi connectivity index (χ2v) is 7.63. The second-order valence-electron chi connectivity index (χ2n) is 5.90. The molecule has 0 saturated heterocycles. The molecule has 1 aromatic rings. The average Bonchev–Trinajstić information content (AvgIpc) is 2.41. The van der Waals surface area contributed by atoms with E-state index in [1.807, 2.05) is 12.1 Å². The molecule has 4 heteroatoms. The Kier molecular flexibility index (Phi) is 4.97. The van der Waals surface area contributed by atoms with E-state index in [1.54, 1.807) is 12.1 Å². The number of hydrogen-bond acceptors (Lipinski definition) is 2. The Morgan fingerprint density at radius 2 is 1.85 bits per heavy atom. The minimum Gasteiger partial charge on any atom is -0.481 e. The number of rotatable bonds is 4. The van der Waals surface area contributed by atoms with Crippen molar-refractivity contribution in [2.45, 2.75) is 49.7 Å². The zero-order valence-electron chi connectivity index (χ0n) is 12.0. The quantitative estimate of drug-likeness (QED) is 0.927. The lowest BCUT2D eigenvalue weighted by Crippen LogP contribution is -2.27. The summed E-state index contributed by atoms with van der Waals surface area (Å²) in [6.45, 7) is 4.51. The number of hydrogen-bond donors (Lipinski definition) is 1. The molecule has 1 fully saturated rings. The van der Waals surface area contributed by atoms with Crippen LogP contribution < -0.4 is 0 Å². The molecular formula is C16H22O3S. The van der Waals surface area contributed by atoms with Gasteiger partial charge in [0.05, 0.1) is 17.2 Å². The van der Waals surface area contributed by atoms with Crippen LogP contribution in [0, 0.1) is 11.8 Å². The predicted octanol–water partition coefficient (Wildman–Crippen LogP) is 3.25. The zero-order chi connectivity index (χ0) is 14.7. The van der Waals surface area contributed by atoms with Crippen molar-refractivity contribution in [3.8, 4) is 0 Å². The van der Waals surface area contributed by atoms with E-state index >= 15 is 0 Å². The van der Waals surface area contributed by atoms with Crippen LogP contribution >= 0.6 is 0 Å². The van der Waals surface area contributed by atoms with Crippen LogP contribution in [0.25, 0.3) is 0 Å². The smallest absolute Gasteiger partial charge is 0.307 e. The van der Waals surface area contributed by atoms with E-state index < -0.39 is 16.8 Å². The van der Waals surface area contributed by atoms with Crippen molar-refractivity contribution >= 4 is 16.8 Å². The van der Waals surface area contributed by atoms with Gasteiger partial charge in [-0.15, -0.1) is 0 Å². The molecule has 0 amide bonds. The van der Waals surface area contributed by atoms with Crippen LogP contribution in [-0.2, 0) is 22.0 Å². The van der Waals surface area contributed by atoms with Crippen molar-refractivity contribution in [1.29, 1.82) is 0 Å². The van der Waals surface area contributed by atoms with E-state index in [0.29, 0.717) is 5.92 Å². The highest BCUT2D eigenvalue weighted by atomic mass is 32.2. The van der Waals surface area contributed by atoms with Crippen molar-refractivity contribution in [3.05, 3.63) is 29.8 Å². The Morgan fingerprint density at radius 3 is 2.40 bits per heavy atom. The van der Waals surface area contributed by atoms with Gasteiger partial charge >= 0.3 is 5.97 Å². The Bertz CT molecular complexity index is 495. The molecule has 0 radical (unpaired) electrons. The fourth-order valence-electron chi connectivity index (χ4n) is 2.80. The SMILES string of the molecule is CC1CCC(S(=O)c2ccc(CC(=O)O)cc2)CC1C.